The van der Waals surface area contributed by atoms with Gasteiger partial charge in [-0.3, -0.25) is 14.4 Å². The van der Waals surface area contributed by atoms with E-state index < -0.39 is 6.10 Å². The maximum Gasteiger partial charge on any atom is 0.306 e. The third-order valence-corrected chi connectivity index (χ3v) is 13.0. The Bertz CT molecular complexity index is 949. The highest BCUT2D eigenvalue weighted by Gasteiger charge is 2.19. The summed E-state index contributed by atoms with van der Waals surface area (Å²) >= 11 is 0. The van der Waals surface area contributed by atoms with Crippen molar-refractivity contribution in [2.75, 3.05) is 13.2 Å². The molecule has 0 spiro atoms. The Morgan fingerprint density at radius 3 is 0.778 bits per heavy atom. The number of esters is 3. The SMILES string of the molecule is CCCCCCCCCCCCCCCCCCCCC(=O)OC[C@H](COC(=O)CCCCCCCCCCC)OC(=O)CCCCCCCCCCCCCCCCCC(C)C. The van der Waals surface area contributed by atoms with Crippen molar-refractivity contribution in [1.29, 1.82) is 0 Å². The number of carbonyl (C=O) groups excluding carboxylic acids is 3. The smallest absolute Gasteiger partial charge is 0.306 e. The van der Waals surface area contributed by atoms with Gasteiger partial charge in [0.2, 0.25) is 0 Å². The molecule has 0 aliphatic carbocycles. The summed E-state index contributed by atoms with van der Waals surface area (Å²) in [4.78, 5) is 38.0. The maximum absolute atomic E-state index is 12.8. The Hall–Kier alpha value is -1.59. The van der Waals surface area contributed by atoms with Gasteiger partial charge in [-0.2, -0.15) is 0 Å². The van der Waals surface area contributed by atoms with E-state index in [0.717, 1.165) is 63.7 Å². The van der Waals surface area contributed by atoms with Crippen LogP contribution in [0.15, 0.2) is 0 Å². The van der Waals surface area contributed by atoms with E-state index in [0.29, 0.717) is 19.3 Å². The number of carbonyl (C=O) groups is 3. The minimum absolute atomic E-state index is 0.0621. The highest BCUT2D eigenvalue weighted by molar-refractivity contribution is 5.71. The van der Waals surface area contributed by atoms with Crippen LogP contribution in [0.4, 0.5) is 0 Å². The van der Waals surface area contributed by atoms with Crippen LogP contribution in [-0.4, -0.2) is 37.2 Å². The Morgan fingerprint density at radius 2 is 0.524 bits per heavy atom. The van der Waals surface area contributed by atoms with Gasteiger partial charge in [-0.1, -0.05) is 285 Å². The average Bonchev–Trinajstić information content (AvgIpc) is 3.27. The van der Waals surface area contributed by atoms with Crippen molar-refractivity contribution < 1.29 is 28.6 Å². The number of hydrogen-bond donors (Lipinski definition) is 0. The minimum atomic E-state index is -0.761. The van der Waals surface area contributed by atoms with Gasteiger partial charge in [0, 0.05) is 19.3 Å². The van der Waals surface area contributed by atoms with Crippen LogP contribution in [0.5, 0.6) is 0 Å². The van der Waals surface area contributed by atoms with Crippen LogP contribution in [0, 0.1) is 5.92 Å². The van der Waals surface area contributed by atoms with Gasteiger partial charge in [0.1, 0.15) is 13.2 Å². The molecule has 374 valence electrons. The molecule has 0 aromatic heterocycles. The van der Waals surface area contributed by atoms with E-state index in [9.17, 15) is 14.4 Å². The summed E-state index contributed by atoms with van der Waals surface area (Å²) in [5.41, 5.74) is 0. The number of hydrogen-bond acceptors (Lipinski definition) is 6. The first-order chi connectivity index (χ1) is 30.9. The Morgan fingerprint density at radius 1 is 0.302 bits per heavy atom. The van der Waals surface area contributed by atoms with Crippen molar-refractivity contribution >= 4 is 17.9 Å². The molecule has 1 atom stereocenters. The minimum Gasteiger partial charge on any atom is -0.462 e. The van der Waals surface area contributed by atoms with E-state index in [2.05, 4.69) is 27.7 Å². The first kappa shape index (κ1) is 61.4. The molecular formula is C57H110O6. The summed E-state index contributed by atoms with van der Waals surface area (Å²) in [7, 11) is 0. The summed E-state index contributed by atoms with van der Waals surface area (Å²) in [5.74, 6) is 0.00773. The highest BCUT2D eigenvalue weighted by Crippen LogP contribution is 2.18. The topological polar surface area (TPSA) is 78.9 Å². The van der Waals surface area contributed by atoms with E-state index >= 15 is 0 Å². The van der Waals surface area contributed by atoms with E-state index in [-0.39, 0.29) is 31.1 Å². The van der Waals surface area contributed by atoms with Gasteiger partial charge >= 0.3 is 17.9 Å². The van der Waals surface area contributed by atoms with Gasteiger partial charge in [-0.15, -0.1) is 0 Å². The fraction of sp³-hybridized carbons (Fsp3) is 0.947. The van der Waals surface area contributed by atoms with Crippen molar-refractivity contribution in [3.8, 4) is 0 Å². The second kappa shape index (κ2) is 51.4. The van der Waals surface area contributed by atoms with E-state index in [1.54, 1.807) is 0 Å². The molecule has 63 heavy (non-hydrogen) atoms. The predicted molar refractivity (Wildman–Crippen MR) is 270 cm³/mol. The van der Waals surface area contributed by atoms with Crippen LogP contribution in [0.25, 0.3) is 0 Å². The summed E-state index contributed by atoms with van der Waals surface area (Å²) < 4.78 is 16.8. The third-order valence-electron chi connectivity index (χ3n) is 13.0. The first-order valence-electron chi connectivity index (χ1n) is 28.4. The predicted octanol–water partition coefficient (Wildman–Crippen LogP) is 18.6. The van der Waals surface area contributed by atoms with Crippen molar-refractivity contribution in [3.63, 3.8) is 0 Å². The monoisotopic (exact) mass is 891 g/mol. The Labute approximate surface area is 393 Å². The zero-order valence-electron chi connectivity index (χ0n) is 43.0. The molecule has 0 heterocycles. The van der Waals surface area contributed by atoms with Crippen molar-refractivity contribution in [3.05, 3.63) is 0 Å². The standard InChI is InChI=1S/C57H110O6/c1-5-7-9-11-13-15-16-17-18-19-20-23-26-29-33-37-41-45-49-56(59)62-52-54(51-61-55(58)48-44-40-36-31-14-12-10-8-6-2)63-57(60)50-46-42-38-34-30-27-24-21-22-25-28-32-35-39-43-47-53(3)4/h53-54H,5-52H2,1-4H3/t54-/m0/s1. The number of unbranched alkanes of at least 4 members (excludes halogenated alkanes) is 39. The molecule has 0 bridgehead atoms. The average molecular weight is 892 g/mol. The summed E-state index contributed by atoms with van der Waals surface area (Å²) in [6, 6.07) is 0. The third kappa shape index (κ3) is 51.3. The molecule has 0 amide bonds. The molecule has 0 rings (SSSR count). The van der Waals surface area contributed by atoms with Gasteiger partial charge < -0.3 is 14.2 Å². The van der Waals surface area contributed by atoms with Crippen LogP contribution in [0.3, 0.4) is 0 Å². The molecule has 6 nitrogen and oxygen atoms in total. The van der Waals surface area contributed by atoms with Crippen LogP contribution < -0.4 is 0 Å². The van der Waals surface area contributed by atoms with Crippen molar-refractivity contribution in [1.82, 2.24) is 0 Å². The van der Waals surface area contributed by atoms with Crippen molar-refractivity contribution in [2.45, 2.75) is 329 Å². The molecule has 0 radical (unpaired) electrons. The molecule has 0 fully saturated rings. The molecule has 0 aromatic rings. The lowest BCUT2D eigenvalue weighted by Crippen LogP contribution is -2.30. The molecular weight excluding hydrogens is 781 g/mol. The van der Waals surface area contributed by atoms with Gasteiger partial charge in [-0.25, -0.2) is 0 Å². The maximum atomic E-state index is 12.8. The molecule has 0 aliphatic heterocycles. The second-order valence-corrected chi connectivity index (χ2v) is 20.1. The molecule has 0 saturated heterocycles. The quantitative estimate of drug-likeness (QED) is 0.0344. The fourth-order valence-electron chi connectivity index (χ4n) is 8.75. The molecule has 0 aliphatic rings. The van der Waals surface area contributed by atoms with E-state index in [1.807, 2.05) is 0 Å². The zero-order valence-corrected chi connectivity index (χ0v) is 43.0. The molecule has 0 saturated carbocycles. The zero-order chi connectivity index (χ0) is 45.9. The van der Waals surface area contributed by atoms with Gasteiger partial charge in [0.05, 0.1) is 0 Å². The molecule has 0 unspecified atom stereocenters. The van der Waals surface area contributed by atoms with Crippen molar-refractivity contribution in [2.24, 2.45) is 5.92 Å². The molecule has 0 N–H and O–H groups in total. The van der Waals surface area contributed by atoms with Crippen LogP contribution in [0.2, 0.25) is 0 Å². The first-order valence-corrected chi connectivity index (χ1v) is 28.4. The Kier molecular flexibility index (Phi) is 50.1. The largest absolute Gasteiger partial charge is 0.462 e. The second-order valence-electron chi connectivity index (χ2n) is 20.1. The summed E-state index contributed by atoms with van der Waals surface area (Å²) in [6.45, 7) is 9.05. The lowest BCUT2D eigenvalue weighted by Gasteiger charge is -2.18. The number of ether oxygens (including phenoxy) is 3. The lowest BCUT2D eigenvalue weighted by molar-refractivity contribution is -0.167. The van der Waals surface area contributed by atoms with E-state index in [1.165, 1.54) is 218 Å². The molecule has 6 heteroatoms. The van der Waals surface area contributed by atoms with Crippen LogP contribution in [-0.2, 0) is 28.6 Å². The normalized spacial score (nSPS) is 12.0. The van der Waals surface area contributed by atoms with Crippen LogP contribution in [0.1, 0.15) is 323 Å². The van der Waals surface area contributed by atoms with Crippen LogP contribution >= 0.6 is 0 Å². The van der Waals surface area contributed by atoms with Gasteiger partial charge in [0.25, 0.3) is 0 Å². The summed E-state index contributed by atoms with van der Waals surface area (Å²) in [6.07, 6.45) is 55.3. The Balaban J connectivity index is 4.21. The van der Waals surface area contributed by atoms with Gasteiger partial charge in [0.15, 0.2) is 6.10 Å². The summed E-state index contributed by atoms with van der Waals surface area (Å²) in [5, 5.41) is 0. The fourth-order valence-corrected chi connectivity index (χ4v) is 8.75. The van der Waals surface area contributed by atoms with E-state index in [4.69, 9.17) is 14.2 Å². The highest BCUT2D eigenvalue weighted by atomic mass is 16.6. The lowest BCUT2D eigenvalue weighted by atomic mass is 10.0. The number of rotatable bonds is 52. The molecule has 0 aromatic carbocycles. The van der Waals surface area contributed by atoms with Gasteiger partial charge in [-0.05, 0) is 25.2 Å².